The van der Waals surface area contributed by atoms with Crippen LogP contribution in [0.3, 0.4) is 0 Å². The predicted molar refractivity (Wildman–Crippen MR) is 142 cm³/mol. The third-order valence-electron chi connectivity index (χ3n) is 5.68. The summed E-state index contributed by atoms with van der Waals surface area (Å²) in [5.74, 6) is 2.10. The number of thiocarbonyl (C=S) groups is 1. The Hall–Kier alpha value is -3.84. The Kier molecular flexibility index (Phi) is 7.36. The van der Waals surface area contributed by atoms with Crippen molar-refractivity contribution in [3.05, 3.63) is 88.6 Å². The number of hydrogen-bond acceptors (Lipinski definition) is 5. The van der Waals surface area contributed by atoms with Crippen molar-refractivity contribution in [1.29, 1.82) is 0 Å². The fourth-order valence-electron chi connectivity index (χ4n) is 3.97. The molecule has 3 aromatic carbocycles. The number of carbonyl (C=O) groups is 1. The number of para-hydroxylation sites is 1. The number of aryl methyl sites for hydroxylation is 2. The van der Waals surface area contributed by atoms with Crippen LogP contribution in [-0.4, -0.2) is 24.7 Å². The Bertz CT molecular complexity index is 1260. The molecule has 1 aliphatic rings. The molecule has 4 rings (SSSR count). The van der Waals surface area contributed by atoms with E-state index in [4.69, 9.17) is 26.4 Å². The van der Waals surface area contributed by atoms with Crippen molar-refractivity contribution in [2.45, 2.75) is 27.4 Å². The topological polar surface area (TPSA) is 60.0 Å². The highest BCUT2D eigenvalue weighted by molar-refractivity contribution is 7.80. The first-order valence-electron chi connectivity index (χ1n) is 11.4. The first-order valence-corrected chi connectivity index (χ1v) is 11.8. The van der Waals surface area contributed by atoms with Crippen molar-refractivity contribution in [3.8, 4) is 17.2 Å². The third-order valence-corrected chi connectivity index (χ3v) is 5.96. The summed E-state index contributed by atoms with van der Waals surface area (Å²) in [4.78, 5) is 14.6. The molecule has 1 fully saturated rings. The van der Waals surface area contributed by atoms with Crippen molar-refractivity contribution >= 4 is 35.0 Å². The fourth-order valence-corrected chi connectivity index (χ4v) is 4.27. The molecule has 3 aromatic rings. The summed E-state index contributed by atoms with van der Waals surface area (Å²) in [7, 11) is 1.63. The molecule has 180 valence electrons. The van der Waals surface area contributed by atoms with Crippen LogP contribution in [0.1, 0.15) is 29.2 Å². The zero-order valence-corrected chi connectivity index (χ0v) is 21.1. The van der Waals surface area contributed by atoms with Crippen LogP contribution in [0, 0.1) is 13.8 Å². The molecule has 0 spiro atoms. The number of methoxy groups -OCH3 is 1. The molecule has 0 radical (unpaired) electrons. The van der Waals surface area contributed by atoms with Gasteiger partial charge in [0.2, 0.25) is 0 Å². The van der Waals surface area contributed by atoms with Gasteiger partial charge in [0.1, 0.15) is 29.6 Å². The molecule has 0 unspecified atom stereocenters. The smallest absolute Gasteiger partial charge is 0.281 e. The van der Waals surface area contributed by atoms with Gasteiger partial charge in [0.25, 0.3) is 5.91 Å². The van der Waals surface area contributed by atoms with Gasteiger partial charge in [-0.3, -0.25) is 9.69 Å². The van der Waals surface area contributed by atoms with Crippen LogP contribution in [0.25, 0.3) is 6.08 Å². The van der Waals surface area contributed by atoms with Crippen LogP contribution in [0.15, 0.2) is 66.4 Å². The SMILES string of the molecule is CCOc1ccc(N2C(=O)/C(=C\c3ccc(OC)c(COc4c(C)cccc4C)c3)NC2=S)cc1. The maximum absolute atomic E-state index is 13.2. The van der Waals surface area contributed by atoms with Crippen LogP contribution >= 0.6 is 12.2 Å². The minimum absolute atomic E-state index is 0.219. The van der Waals surface area contributed by atoms with E-state index in [1.165, 1.54) is 4.90 Å². The standard InChI is InChI=1S/C28H28N2O4S/c1-5-33-23-12-10-22(11-13-23)30-27(31)24(29-28(30)35)16-20-9-14-25(32-4)21(15-20)17-34-26-18(2)7-6-8-19(26)3/h6-16H,5,17H2,1-4H3,(H,29,35)/b24-16+. The lowest BCUT2D eigenvalue weighted by Crippen LogP contribution is -2.30. The van der Waals surface area contributed by atoms with Crippen molar-refractivity contribution in [2.24, 2.45) is 0 Å². The van der Waals surface area contributed by atoms with E-state index in [0.717, 1.165) is 39.5 Å². The lowest BCUT2D eigenvalue weighted by atomic mass is 10.1. The summed E-state index contributed by atoms with van der Waals surface area (Å²) in [6, 6.07) is 19.1. The Morgan fingerprint density at radius 3 is 2.37 bits per heavy atom. The monoisotopic (exact) mass is 488 g/mol. The van der Waals surface area contributed by atoms with Crippen molar-refractivity contribution in [3.63, 3.8) is 0 Å². The highest BCUT2D eigenvalue weighted by Crippen LogP contribution is 2.28. The van der Waals surface area contributed by atoms with E-state index in [1.54, 1.807) is 13.2 Å². The van der Waals surface area contributed by atoms with E-state index in [0.29, 0.717) is 29.7 Å². The Labute approximate surface area is 211 Å². The second-order valence-corrected chi connectivity index (χ2v) is 8.52. The third kappa shape index (κ3) is 5.30. The maximum atomic E-state index is 13.2. The van der Waals surface area contributed by atoms with E-state index >= 15 is 0 Å². The number of nitrogens with zero attached hydrogens (tertiary/aromatic N) is 1. The summed E-state index contributed by atoms with van der Waals surface area (Å²) >= 11 is 5.44. The van der Waals surface area contributed by atoms with E-state index in [1.807, 2.05) is 81.4 Å². The molecule has 6 nitrogen and oxygen atoms in total. The minimum atomic E-state index is -0.219. The molecule has 0 aromatic heterocycles. The van der Waals surface area contributed by atoms with Gasteiger partial charge in [-0.15, -0.1) is 0 Å². The van der Waals surface area contributed by atoms with Gasteiger partial charge in [0.05, 0.1) is 19.4 Å². The van der Waals surface area contributed by atoms with E-state index in [9.17, 15) is 4.79 Å². The Morgan fingerprint density at radius 2 is 1.71 bits per heavy atom. The number of nitrogens with one attached hydrogen (secondary N) is 1. The van der Waals surface area contributed by atoms with Crippen molar-refractivity contribution in [1.82, 2.24) is 5.32 Å². The van der Waals surface area contributed by atoms with Gasteiger partial charge < -0.3 is 19.5 Å². The normalized spacial score (nSPS) is 14.3. The number of ether oxygens (including phenoxy) is 3. The molecule has 0 saturated carbocycles. The molecule has 0 aliphatic carbocycles. The van der Waals surface area contributed by atoms with Crippen LogP contribution in [-0.2, 0) is 11.4 Å². The second-order valence-electron chi connectivity index (χ2n) is 8.14. The molecule has 1 heterocycles. The van der Waals surface area contributed by atoms with E-state index in [2.05, 4.69) is 5.32 Å². The molecule has 0 bridgehead atoms. The number of carbonyl (C=O) groups excluding carboxylic acids is 1. The number of anilines is 1. The number of rotatable bonds is 8. The quantitative estimate of drug-likeness (QED) is 0.331. The van der Waals surface area contributed by atoms with Crippen molar-refractivity contribution in [2.75, 3.05) is 18.6 Å². The predicted octanol–water partition coefficient (Wildman–Crippen LogP) is 5.55. The lowest BCUT2D eigenvalue weighted by molar-refractivity contribution is -0.113. The summed E-state index contributed by atoms with van der Waals surface area (Å²) in [5.41, 5.74) is 4.93. The van der Waals surface area contributed by atoms with Gasteiger partial charge in [-0.2, -0.15) is 0 Å². The molecular weight excluding hydrogens is 460 g/mol. The molecule has 0 atom stereocenters. The average Bonchev–Trinajstić information content (AvgIpc) is 3.12. The molecular formula is C28H28N2O4S. The van der Waals surface area contributed by atoms with Crippen LogP contribution in [0.4, 0.5) is 5.69 Å². The average molecular weight is 489 g/mol. The van der Waals surface area contributed by atoms with Gasteiger partial charge in [0.15, 0.2) is 5.11 Å². The maximum Gasteiger partial charge on any atom is 0.281 e. The molecule has 1 amide bonds. The highest BCUT2D eigenvalue weighted by Gasteiger charge is 2.32. The number of amides is 1. The van der Waals surface area contributed by atoms with Crippen LogP contribution in [0.2, 0.25) is 0 Å². The van der Waals surface area contributed by atoms with Gasteiger partial charge in [0, 0.05) is 5.56 Å². The molecule has 1 saturated heterocycles. The highest BCUT2D eigenvalue weighted by atomic mass is 32.1. The zero-order valence-electron chi connectivity index (χ0n) is 20.3. The van der Waals surface area contributed by atoms with Crippen LogP contribution in [0.5, 0.6) is 17.2 Å². The summed E-state index contributed by atoms with van der Waals surface area (Å²) in [5, 5.41) is 3.37. The number of benzene rings is 3. The fraction of sp³-hybridized carbons (Fsp3) is 0.214. The van der Waals surface area contributed by atoms with Crippen molar-refractivity contribution < 1.29 is 19.0 Å². The molecule has 1 N–H and O–H groups in total. The van der Waals surface area contributed by atoms with Crippen LogP contribution < -0.4 is 24.4 Å². The Balaban J connectivity index is 1.56. The van der Waals surface area contributed by atoms with E-state index in [-0.39, 0.29) is 5.91 Å². The second kappa shape index (κ2) is 10.6. The summed E-state index contributed by atoms with van der Waals surface area (Å²) in [6.45, 7) is 6.89. The first kappa shape index (κ1) is 24.3. The minimum Gasteiger partial charge on any atom is -0.496 e. The first-order chi connectivity index (χ1) is 16.9. The van der Waals surface area contributed by atoms with Gasteiger partial charge in [-0.05, 0) is 92.2 Å². The van der Waals surface area contributed by atoms with E-state index < -0.39 is 0 Å². The molecule has 1 aliphatic heterocycles. The molecule has 35 heavy (non-hydrogen) atoms. The lowest BCUT2D eigenvalue weighted by Gasteiger charge is -2.15. The van der Waals surface area contributed by atoms with Gasteiger partial charge in [-0.1, -0.05) is 24.3 Å². The number of hydrogen-bond donors (Lipinski definition) is 1. The Morgan fingerprint density at radius 1 is 1.00 bits per heavy atom. The zero-order chi connectivity index (χ0) is 24.9. The largest absolute Gasteiger partial charge is 0.496 e. The summed E-state index contributed by atoms with van der Waals surface area (Å²) in [6.07, 6.45) is 1.78. The van der Waals surface area contributed by atoms with Gasteiger partial charge >= 0.3 is 0 Å². The summed E-state index contributed by atoms with van der Waals surface area (Å²) < 4.78 is 17.2. The molecule has 7 heteroatoms. The van der Waals surface area contributed by atoms with Gasteiger partial charge in [-0.25, -0.2) is 0 Å².